The van der Waals surface area contributed by atoms with Gasteiger partial charge in [-0.15, -0.1) is 0 Å². The van der Waals surface area contributed by atoms with Gasteiger partial charge < -0.3 is 9.80 Å². The van der Waals surface area contributed by atoms with Gasteiger partial charge in [-0.25, -0.2) is 4.39 Å². The van der Waals surface area contributed by atoms with E-state index < -0.39 is 23.1 Å². The molecule has 1 saturated heterocycles. The van der Waals surface area contributed by atoms with Gasteiger partial charge in [-0.3, -0.25) is 9.36 Å². The molecule has 0 unspecified atom stereocenters. The Bertz CT molecular complexity index is 873. The Balaban J connectivity index is 2.10. The zero-order chi connectivity index (χ0) is 19.1. The normalized spacial score (nSPS) is 16.2. The minimum atomic E-state index is -4.60. The maximum Gasteiger partial charge on any atom is 0.416 e. The number of benzene rings is 1. The molecular formula is C17H16BrF4N3O. The van der Waals surface area contributed by atoms with Crippen LogP contribution >= 0.6 is 15.9 Å². The van der Waals surface area contributed by atoms with Crippen molar-refractivity contribution in [3.05, 3.63) is 56.7 Å². The molecule has 0 spiro atoms. The number of halogens is 5. The van der Waals surface area contributed by atoms with Gasteiger partial charge in [0.15, 0.2) is 0 Å². The van der Waals surface area contributed by atoms with Gasteiger partial charge in [0.05, 0.1) is 21.4 Å². The monoisotopic (exact) mass is 433 g/mol. The maximum atomic E-state index is 14.1. The molecule has 0 radical (unpaired) electrons. The van der Waals surface area contributed by atoms with Crippen LogP contribution in [0.2, 0.25) is 0 Å². The van der Waals surface area contributed by atoms with Crippen molar-refractivity contribution in [3.8, 4) is 5.69 Å². The van der Waals surface area contributed by atoms with Crippen molar-refractivity contribution < 1.29 is 17.6 Å². The van der Waals surface area contributed by atoms with Crippen LogP contribution < -0.4 is 10.5 Å². The third kappa shape index (κ3) is 3.78. The van der Waals surface area contributed by atoms with Gasteiger partial charge >= 0.3 is 6.18 Å². The number of nitrogens with zero attached hydrogens (tertiary/aromatic N) is 3. The number of rotatable bonds is 2. The zero-order valence-corrected chi connectivity index (χ0v) is 15.4. The molecule has 1 aliphatic rings. The molecule has 9 heteroatoms. The van der Waals surface area contributed by atoms with Crippen molar-refractivity contribution in [2.24, 2.45) is 0 Å². The molecule has 0 N–H and O–H groups in total. The largest absolute Gasteiger partial charge is 0.416 e. The van der Waals surface area contributed by atoms with E-state index >= 15 is 0 Å². The van der Waals surface area contributed by atoms with Crippen LogP contribution in [0.1, 0.15) is 5.56 Å². The van der Waals surface area contributed by atoms with Crippen LogP contribution in [-0.4, -0.2) is 42.7 Å². The first-order valence-corrected chi connectivity index (χ1v) is 8.69. The highest BCUT2D eigenvalue weighted by atomic mass is 79.9. The van der Waals surface area contributed by atoms with Crippen LogP contribution in [0.15, 0.2) is 39.7 Å². The van der Waals surface area contributed by atoms with Crippen LogP contribution in [0, 0.1) is 5.82 Å². The van der Waals surface area contributed by atoms with E-state index in [0.29, 0.717) is 30.5 Å². The Labute approximate surface area is 155 Å². The van der Waals surface area contributed by atoms with Gasteiger partial charge in [0.2, 0.25) is 0 Å². The maximum absolute atomic E-state index is 14.1. The van der Waals surface area contributed by atoms with Gasteiger partial charge in [0.25, 0.3) is 5.56 Å². The fraction of sp³-hybridized carbons (Fsp3) is 0.353. The summed E-state index contributed by atoms with van der Waals surface area (Å²) >= 11 is 3.08. The molecule has 140 valence electrons. The standard InChI is InChI=1S/C17H16BrF4N3O/c1-23-4-6-24(7-5-23)14-10-13(19)12(18)9-15(14)25-3-2-11(8-16(25)26)17(20,21)22/h2-3,8-10H,4-7H2,1H3. The molecule has 1 aliphatic heterocycles. The third-order valence-corrected chi connectivity index (χ3v) is 4.98. The number of likely N-dealkylation sites (N-methyl/N-ethyl adjacent to an activating group) is 1. The fourth-order valence-electron chi connectivity index (χ4n) is 2.87. The van der Waals surface area contributed by atoms with Crippen molar-refractivity contribution in [2.75, 3.05) is 38.1 Å². The Kier molecular flexibility index (Phi) is 5.12. The first-order chi connectivity index (χ1) is 12.2. The Morgan fingerprint density at radius 2 is 1.69 bits per heavy atom. The Morgan fingerprint density at radius 3 is 2.27 bits per heavy atom. The van der Waals surface area contributed by atoms with E-state index in [-0.39, 0.29) is 4.47 Å². The number of alkyl halides is 3. The number of anilines is 1. The summed E-state index contributed by atoms with van der Waals surface area (Å²) in [5, 5.41) is 0. The summed E-state index contributed by atoms with van der Waals surface area (Å²) in [6.45, 7) is 2.78. The summed E-state index contributed by atoms with van der Waals surface area (Å²) in [7, 11) is 1.97. The number of piperazine rings is 1. The molecule has 0 bridgehead atoms. The zero-order valence-electron chi connectivity index (χ0n) is 13.9. The lowest BCUT2D eigenvalue weighted by atomic mass is 10.2. The molecule has 2 heterocycles. The van der Waals surface area contributed by atoms with Gasteiger partial charge in [-0.2, -0.15) is 13.2 Å². The lowest BCUT2D eigenvalue weighted by Crippen LogP contribution is -2.45. The van der Waals surface area contributed by atoms with E-state index in [0.717, 1.165) is 29.9 Å². The molecule has 0 saturated carbocycles. The van der Waals surface area contributed by atoms with Gasteiger partial charge in [-0.05, 0) is 35.1 Å². The average molecular weight is 434 g/mol. The minimum Gasteiger partial charge on any atom is -0.367 e. The topological polar surface area (TPSA) is 28.5 Å². The molecule has 2 aromatic rings. The summed E-state index contributed by atoms with van der Waals surface area (Å²) in [6.07, 6.45) is -3.52. The van der Waals surface area contributed by atoms with Crippen molar-refractivity contribution in [3.63, 3.8) is 0 Å². The van der Waals surface area contributed by atoms with Crippen LogP contribution in [0.3, 0.4) is 0 Å². The highest BCUT2D eigenvalue weighted by molar-refractivity contribution is 9.10. The molecule has 4 nitrogen and oxygen atoms in total. The SMILES string of the molecule is CN1CCN(c2cc(F)c(Br)cc2-n2ccc(C(F)(F)F)cc2=O)CC1. The van der Waals surface area contributed by atoms with E-state index in [2.05, 4.69) is 20.8 Å². The molecule has 0 atom stereocenters. The van der Waals surface area contributed by atoms with E-state index in [1.807, 2.05) is 11.9 Å². The van der Waals surface area contributed by atoms with Crippen LogP contribution in [0.5, 0.6) is 0 Å². The average Bonchev–Trinajstić information content (AvgIpc) is 2.57. The molecule has 3 rings (SSSR count). The lowest BCUT2D eigenvalue weighted by Gasteiger charge is -2.35. The van der Waals surface area contributed by atoms with E-state index in [4.69, 9.17) is 0 Å². The van der Waals surface area contributed by atoms with Gasteiger partial charge in [-0.1, -0.05) is 0 Å². The molecule has 1 aromatic heterocycles. The van der Waals surface area contributed by atoms with E-state index in [9.17, 15) is 22.4 Å². The van der Waals surface area contributed by atoms with Crippen LogP contribution in [0.4, 0.5) is 23.2 Å². The predicted octanol–water partition coefficient (Wildman–Crippen LogP) is 3.51. The molecule has 1 fully saturated rings. The van der Waals surface area contributed by atoms with Crippen LogP contribution in [-0.2, 0) is 6.18 Å². The van der Waals surface area contributed by atoms with Crippen molar-refractivity contribution in [1.29, 1.82) is 0 Å². The first-order valence-electron chi connectivity index (χ1n) is 7.89. The first kappa shape index (κ1) is 18.9. The number of pyridine rings is 1. The molecular weight excluding hydrogens is 418 g/mol. The summed E-state index contributed by atoms with van der Waals surface area (Å²) < 4.78 is 53.8. The van der Waals surface area contributed by atoms with Crippen molar-refractivity contribution in [1.82, 2.24) is 9.47 Å². The summed E-state index contributed by atoms with van der Waals surface area (Å²) in [4.78, 5) is 16.3. The van der Waals surface area contributed by atoms with Gasteiger partial charge in [0.1, 0.15) is 5.82 Å². The highest BCUT2D eigenvalue weighted by Gasteiger charge is 2.31. The van der Waals surface area contributed by atoms with Gasteiger partial charge in [0, 0.05) is 44.5 Å². The van der Waals surface area contributed by atoms with Crippen molar-refractivity contribution in [2.45, 2.75) is 6.18 Å². The van der Waals surface area contributed by atoms with Crippen molar-refractivity contribution >= 4 is 21.6 Å². The molecule has 1 aromatic carbocycles. The molecule has 0 aliphatic carbocycles. The number of hydrogen-bond donors (Lipinski definition) is 0. The van der Waals surface area contributed by atoms with E-state index in [1.165, 1.54) is 12.1 Å². The van der Waals surface area contributed by atoms with Crippen LogP contribution in [0.25, 0.3) is 5.69 Å². The summed E-state index contributed by atoms with van der Waals surface area (Å²) in [5.41, 5.74) is -1.03. The Morgan fingerprint density at radius 1 is 1.04 bits per heavy atom. The van der Waals surface area contributed by atoms with E-state index in [1.54, 1.807) is 0 Å². The fourth-order valence-corrected chi connectivity index (χ4v) is 3.21. The number of aromatic nitrogens is 1. The third-order valence-electron chi connectivity index (χ3n) is 4.37. The smallest absolute Gasteiger partial charge is 0.367 e. The second-order valence-electron chi connectivity index (χ2n) is 6.17. The lowest BCUT2D eigenvalue weighted by molar-refractivity contribution is -0.137. The minimum absolute atomic E-state index is 0.136. The molecule has 0 amide bonds. The second-order valence-corrected chi connectivity index (χ2v) is 7.02. The quantitative estimate of drug-likeness (QED) is 0.678. The Hall–Kier alpha value is -1.87. The molecule has 26 heavy (non-hydrogen) atoms. The number of hydrogen-bond acceptors (Lipinski definition) is 3. The summed E-state index contributed by atoms with van der Waals surface area (Å²) in [6, 6.07) is 4.10. The highest BCUT2D eigenvalue weighted by Crippen LogP contribution is 2.32. The second kappa shape index (κ2) is 7.03. The predicted molar refractivity (Wildman–Crippen MR) is 94.4 cm³/mol. The summed E-state index contributed by atoms with van der Waals surface area (Å²) in [5.74, 6) is -0.498.